The monoisotopic (exact) mass is 882 g/mol. The molecule has 11 heteroatoms. The van der Waals surface area contributed by atoms with Gasteiger partial charge in [-0.15, -0.1) is 0 Å². The van der Waals surface area contributed by atoms with Gasteiger partial charge in [0.2, 0.25) is 0 Å². The Labute approximate surface area is 379 Å². The lowest BCUT2D eigenvalue weighted by Crippen LogP contribution is -2.31. The van der Waals surface area contributed by atoms with Gasteiger partial charge in [0, 0.05) is 32.1 Å². The standard InChI is InChI=1S/C51H95NO10/c1-7-11-15-18-20-24-33-45(34-25-21-19-16-12-8-2)61-50(56)38-27-22-26-35-48(54)59-42-46(62-51(57)39-30-40-52(5)6)43-60-49(55)37-29-28-36-47(53)58-41-44(31-14-10-4)32-23-17-13-9-3/h44-46H,7-43H2,1-6H3. The highest BCUT2D eigenvalue weighted by Gasteiger charge is 2.20. The van der Waals surface area contributed by atoms with Gasteiger partial charge in [-0.05, 0) is 97.2 Å². The number of rotatable bonds is 45. The zero-order chi connectivity index (χ0) is 45.9. The summed E-state index contributed by atoms with van der Waals surface area (Å²) in [5.74, 6) is -1.35. The third kappa shape index (κ3) is 40.1. The Morgan fingerprint density at radius 2 is 0.694 bits per heavy atom. The summed E-state index contributed by atoms with van der Waals surface area (Å²) in [6, 6.07) is 0. The molecule has 2 unspecified atom stereocenters. The van der Waals surface area contributed by atoms with E-state index in [0.29, 0.717) is 64.0 Å². The fourth-order valence-corrected chi connectivity index (χ4v) is 7.43. The third-order valence-corrected chi connectivity index (χ3v) is 11.4. The molecular formula is C51H95NO10. The first kappa shape index (κ1) is 59.3. The second kappa shape index (κ2) is 43.6. The highest BCUT2D eigenvalue weighted by Crippen LogP contribution is 2.20. The van der Waals surface area contributed by atoms with Crippen LogP contribution in [-0.2, 0) is 47.7 Å². The topological polar surface area (TPSA) is 135 Å². The van der Waals surface area contributed by atoms with Gasteiger partial charge in [-0.25, -0.2) is 0 Å². The minimum absolute atomic E-state index is 0.0113. The Kier molecular flexibility index (Phi) is 41.7. The lowest BCUT2D eigenvalue weighted by molar-refractivity contribution is -0.167. The zero-order valence-electron chi connectivity index (χ0n) is 40.9. The molecule has 0 spiro atoms. The van der Waals surface area contributed by atoms with Crippen LogP contribution in [-0.4, -0.2) is 87.4 Å². The van der Waals surface area contributed by atoms with Crippen LogP contribution in [0.3, 0.4) is 0 Å². The van der Waals surface area contributed by atoms with Gasteiger partial charge in [0.1, 0.15) is 19.3 Å². The van der Waals surface area contributed by atoms with E-state index < -0.39 is 24.0 Å². The Morgan fingerprint density at radius 1 is 0.355 bits per heavy atom. The van der Waals surface area contributed by atoms with Crippen LogP contribution in [0.4, 0.5) is 0 Å². The van der Waals surface area contributed by atoms with Crippen molar-refractivity contribution in [2.75, 3.05) is 40.5 Å². The number of hydrogen-bond acceptors (Lipinski definition) is 11. The number of ether oxygens (including phenoxy) is 5. The Morgan fingerprint density at radius 3 is 1.18 bits per heavy atom. The van der Waals surface area contributed by atoms with Crippen molar-refractivity contribution >= 4 is 29.8 Å². The lowest BCUT2D eigenvalue weighted by Gasteiger charge is -2.19. The summed E-state index contributed by atoms with van der Waals surface area (Å²) in [6.45, 7) is 9.55. The largest absolute Gasteiger partial charge is 0.465 e. The molecule has 0 aromatic rings. The maximum Gasteiger partial charge on any atom is 0.306 e. The zero-order valence-corrected chi connectivity index (χ0v) is 40.9. The quantitative estimate of drug-likeness (QED) is 0.0328. The molecule has 0 radical (unpaired) electrons. The van der Waals surface area contributed by atoms with E-state index in [1.807, 2.05) is 19.0 Å². The van der Waals surface area contributed by atoms with Crippen LogP contribution >= 0.6 is 0 Å². The molecule has 0 rings (SSSR count). The van der Waals surface area contributed by atoms with Crippen molar-refractivity contribution in [2.45, 2.75) is 252 Å². The van der Waals surface area contributed by atoms with E-state index in [1.165, 1.54) is 89.9 Å². The van der Waals surface area contributed by atoms with E-state index in [4.69, 9.17) is 23.7 Å². The van der Waals surface area contributed by atoms with Crippen LogP contribution in [0.2, 0.25) is 0 Å². The van der Waals surface area contributed by atoms with E-state index in [1.54, 1.807) is 0 Å². The molecule has 0 amide bonds. The Hall–Kier alpha value is -2.69. The summed E-state index contributed by atoms with van der Waals surface area (Å²) in [6.07, 6.45) is 29.3. The first-order chi connectivity index (χ1) is 30.0. The molecule has 0 N–H and O–H groups in total. The summed E-state index contributed by atoms with van der Waals surface area (Å²) in [4.78, 5) is 65.0. The molecule has 0 aliphatic carbocycles. The molecule has 0 saturated heterocycles. The maximum atomic E-state index is 12.8. The molecule has 0 fully saturated rings. The third-order valence-electron chi connectivity index (χ3n) is 11.4. The van der Waals surface area contributed by atoms with Crippen molar-refractivity contribution in [3.8, 4) is 0 Å². The summed E-state index contributed by atoms with van der Waals surface area (Å²) >= 11 is 0. The molecule has 0 aliphatic heterocycles. The average molecular weight is 882 g/mol. The van der Waals surface area contributed by atoms with Gasteiger partial charge >= 0.3 is 29.8 Å². The number of esters is 5. The highest BCUT2D eigenvalue weighted by molar-refractivity contribution is 5.72. The second-order valence-electron chi connectivity index (χ2n) is 17.9. The Balaban J connectivity index is 4.72. The van der Waals surface area contributed by atoms with Crippen LogP contribution in [0.5, 0.6) is 0 Å². The molecule has 11 nitrogen and oxygen atoms in total. The van der Waals surface area contributed by atoms with Crippen LogP contribution < -0.4 is 0 Å². The lowest BCUT2D eigenvalue weighted by atomic mass is 9.96. The van der Waals surface area contributed by atoms with Gasteiger partial charge < -0.3 is 28.6 Å². The van der Waals surface area contributed by atoms with Gasteiger partial charge in [-0.2, -0.15) is 0 Å². The van der Waals surface area contributed by atoms with Gasteiger partial charge in [-0.3, -0.25) is 24.0 Å². The molecule has 0 bridgehead atoms. The van der Waals surface area contributed by atoms with Gasteiger partial charge in [0.05, 0.1) is 6.61 Å². The van der Waals surface area contributed by atoms with Crippen molar-refractivity contribution < 1.29 is 47.7 Å². The summed E-state index contributed by atoms with van der Waals surface area (Å²) in [5.41, 5.74) is 0. The van der Waals surface area contributed by atoms with E-state index in [9.17, 15) is 24.0 Å². The van der Waals surface area contributed by atoms with Crippen molar-refractivity contribution in [2.24, 2.45) is 5.92 Å². The summed E-state index contributed by atoms with van der Waals surface area (Å²) < 4.78 is 28.0. The number of unbranched alkanes of at least 4 members (excludes halogenated alkanes) is 17. The average Bonchev–Trinajstić information content (AvgIpc) is 3.24. The van der Waals surface area contributed by atoms with Crippen molar-refractivity contribution in [3.05, 3.63) is 0 Å². The van der Waals surface area contributed by atoms with Crippen LogP contribution in [0.1, 0.15) is 240 Å². The van der Waals surface area contributed by atoms with Gasteiger partial charge in [0.15, 0.2) is 6.10 Å². The fraction of sp³-hybridized carbons (Fsp3) is 0.902. The van der Waals surface area contributed by atoms with Gasteiger partial charge in [0.25, 0.3) is 0 Å². The van der Waals surface area contributed by atoms with Crippen molar-refractivity contribution in [1.29, 1.82) is 0 Å². The summed E-state index contributed by atoms with van der Waals surface area (Å²) in [7, 11) is 3.85. The molecule has 0 aromatic heterocycles. The van der Waals surface area contributed by atoms with Crippen LogP contribution in [0, 0.1) is 5.92 Å². The van der Waals surface area contributed by atoms with E-state index >= 15 is 0 Å². The fourth-order valence-electron chi connectivity index (χ4n) is 7.43. The Bertz CT molecular complexity index is 1080. The predicted octanol–water partition coefficient (Wildman–Crippen LogP) is 12.6. The highest BCUT2D eigenvalue weighted by atomic mass is 16.6. The SMILES string of the molecule is CCCCCCCCC(CCCCCCCC)OC(=O)CCCCCC(=O)OCC(COC(=O)CCCCC(=O)OCC(CCCC)CCCCCC)OC(=O)CCCN(C)C. The second-order valence-corrected chi connectivity index (χ2v) is 17.9. The van der Waals surface area contributed by atoms with E-state index in [0.717, 1.165) is 51.4 Å². The molecular weight excluding hydrogens is 787 g/mol. The number of nitrogens with zero attached hydrogens (tertiary/aromatic N) is 1. The summed E-state index contributed by atoms with van der Waals surface area (Å²) in [5, 5.41) is 0. The number of carbonyl (C=O) groups is 5. The van der Waals surface area contributed by atoms with E-state index in [2.05, 4.69) is 27.7 Å². The normalized spacial score (nSPS) is 12.3. The van der Waals surface area contributed by atoms with Gasteiger partial charge in [-0.1, -0.05) is 137 Å². The molecule has 62 heavy (non-hydrogen) atoms. The molecule has 2 atom stereocenters. The predicted molar refractivity (Wildman–Crippen MR) is 250 cm³/mol. The smallest absolute Gasteiger partial charge is 0.306 e. The van der Waals surface area contributed by atoms with E-state index in [-0.39, 0.29) is 56.9 Å². The molecule has 0 aromatic carbocycles. The van der Waals surface area contributed by atoms with Crippen molar-refractivity contribution in [1.82, 2.24) is 4.90 Å². The maximum absolute atomic E-state index is 12.8. The number of hydrogen-bond donors (Lipinski definition) is 0. The minimum atomic E-state index is -0.928. The molecule has 364 valence electrons. The minimum Gasteiger partial charge on any atom is -0.465 e. The molecule has 0 heterocycles. The van der Waals surface area contributed by atoms with Crippen LogP contribution in [0.25, 0.3) is 0 Å². The first-order valence-electron chi connectivity index (χ1n) is 25.5. The van der Waals surface area contributed by atoms with Crippen LogP contribution in [0.15, 0.2) is 0 Å². The molecule has 0 saturated carbocycles. The molecule has 0 aliphatic rings. The van der Waals surface area contributed by atoms with Crippen molar-refractivity contribution in [3.63, 3.8) is 0 Å². The first-order valence-corrected chi connectivity index (χ1v) is 25.5. The number of carbonyl (C=O) groups excluding carboxylic acids is 5.